The van der Waals surface area contributed by atoms with E-state index in [1.807, 2.05) is 0 Å². The zero-order chi connectivity index (χ0) is 9.30. The molecule has 0 saturated heterocycles. The van der Waals surface area contributed by atoms with Crippen LogP contribution in [0.25, 0.3) is 0 Å². The van der Waals surface area contributed by atoms with Crippen molar-refractivity contribution in [3.05, 3.63) is 11.5 Å². The molecule has 2 atom stereocenters. The van der Waals surface area contributed by atoms with Gasteiger partial charge in [-0.15, -0.1) is 6.61 Å². The third-order valence-corrected chi connectivity index (χ3v) is 1.46. The summed E-state index contributed by atoms with van der Waals surface area (Å²) >= 11 is 0. The van der Waals surface area contributed by atoms with Crippen molar-refractivity contribution in [3.8, 4) is 0 Å². The molecule has 0 saturated carbocycles. The average Bonchev–Trinajstić information content (AvgIpc) is 2.32. The van der Waals surface area contributed by atoms with Crippen LogP contribution in [0.2, 0.25) is 0 Å². The maximum Gasteiger partial charge on any atom is 1.00 e. The number of carbonyl (C=O) groups is 1. The first kappa shape index (κ1) is 12.7. The summed E-state index contributed by atoms with van der Waals surface area (Å²) in [6, 6.07) is 0. The quantitative estimate of drug-likeness (QED) is 0.302. The standard InChI is InChI=1S/C6H7O6.Na/c7-1-2(8)5-3(9)4(10)6(11)12-5;/h2,5,8-10H,1H2;/q-1;+1/t2-,5+;/m0./s1. The van der Waals surface area contributed by atoms with E-state index < -0.39 is 36.3 Å². The van der Waals surface area contributed by atoms with Crippen molar-refractivity contribution in [1.82, 2.24) is 0 Å². The Bertz CT molecular complexity index is 237. The molecule has 13 heavy (non-hydrogen) atoms. The summed E-state index contributed by atoms with van der Waals surface area (Å²) < 4.78 is 4.28. The van der Waals surface area contributed by atoms with Gasteiger partial charge in [0, 0.05) is 0 Å². The summed E-state index contributed by atoms with van der Waals surface area (Å²) in [6.07, 6.45) is -2.95. The van der Waals surface area contributed by atoms with Gasteiger partial charge in [0.25, 0.3) is 0 Å². The molecule has 0 aromatic carbocycles. The van der Waals surface area contributed by atoms with E-state index in [9.17, 15) is 9.90 Å². The zero-order valence-electron chi connectivity index (χ0n) is 6.93. The summed E-state index contributed by atoms with van der Waals surface area (Å²) in [4.78, 5) is 10.5. The first-order valence-corrected chi connectivity index (χ1v) is 3.17. The number of esters is 1. The van der Waals surface area contributed by atoms with Crippen molar-refractivity contribution in [2.75, 3.05) is 6.61 Å². The Morgan fingerprint density at radius 3 is 2.38 bits per heavy atom. The first-order valence-electron chi connectivity index (χ1n) is 3.17. The van der Waals surface area contributed by atoms with Gasteiger partial charge in [0.05, 0.1) is 6.10 Å². The number of ether oxygens (including phenoxy) is 1. The number of carbonyl (C=O) groups excluding carboxylic acids is 1. The van der Waals surface area contributed by atoms with Crippen molar-refractivity contribution < 1.29 is 59.5 Å². The van der Waals surface area contributed by atoms with Crippen LogP contribution in [0.15, 0.2) is 11.5 Å². The van der Waals surface area contributed by atoms with Gasteiger partial charge in [0.15, 0.2) is 11.9 Å². The molecule has 0 spiro atoms. The van der Waals surface area contributed by atoms with Crippen LogP contribution in [0.4, 0.5) is 0 Å². The van der Waals surface area contributed by atoms with E-state index in [1.165, 1.54) is 0 Å². The van der Waals surface area contributed by atoms with E-state index in [1.54, 1.807) is 0 Å². The van der Waals surface area contributed by atoms with E-state index in [4.69, 9.17) is 15.3 Å². The van der Waals surface area contributed by atoms with Gasteiger partial charge >= 0.3 is 35.5 Å². The number of rotatable bonds is 2. The van der Waals surface area contributed by atoms with Crippen molar-refractivity contribution in [1.29, 1.82) is 0 Å². The monoisotopic (exact) mass is 198 g/mol. The van der Waals surface area contributed by atoms with Gasteiger partial charge in [0.1, 0.15) is 0 Å². The molecule has 0 aromatic heterocycles. The minimum absolute atomic E-state index is 0. The Morgan fingerprint density at radius 2 is 2.08 bits per heavy atom. The van der Waals surface area contributed by atoms with Crippen LogP contribution in [0.1, 0.15) is 0 Å². The van der Waals surface area contributed by atoms with Crippen molar-refractivity contribution in [3.63, 3.8) is 0 Å². The second kappa shape index (κ2) is 4.83. The number of hydrogen-bond donors (Lipinski definition) is 3. The van der Waals surface area contributed by atoms with Crippen LogP contribution in [0, 0.1) is 0 Å². The molecule has 68 valence electrons. The van der Waals surface area contributed by atoms with E-state index >= 15 is 0 Å². The maximum absolute atomic E-state index is 10.5. The fourth-order valence-corrected chi connectivity index (χ4v) is 0.814. The molecule has 1 aliphatic heterocycles. The molecule has 6 nitrogen and oxygen atoms in total. The third-order valence-electron chi connectivity index (χ3n) is 1.46. The van der Waals surface area contributed by atoms with Gasteiger partial charge in [-0.1, -0.05) is 0 Å². The Balaban J connectivity index is 0.00000144. The molecule has 0 radical (unpaired) electrons. The molecular weight excluding hydrogens is 191 g/mol. The van der Waals surface area contributed by atoms with Gasteiger partial charge in [-0.25, -0.2) is 4.79 Å². The second-order valence-corrected chi connectivity index (χ2v) is 2.29. The smallest absolute Gasteiger partial charge is 0.853 e. The fraction of sp³-hybridized carbons (Fsp3) is 0.500. The van der Waals surface area contributed by atoms with Crippen LogP contribution in [-0.4, -0.2) is 40.1 Å². The minimum atomic E-state index is -1.53. The summed E-state index contributed by atoms with van der Waals surface area (Å²) in [5.41, 5.74) is 0. The van der Waals surface area contributed by atoms with Gasteiger partial charge in [0.2, 0.25) is 5.76 Å². The molecule has 3 N–H and O–H groups in total. The normalized spacial score (nSPS) is 23.8. The zero-order valence-corrected chi connectivity index (χ0v) is 8.93. The van der Waals surface area contributed by atoms with Crippen LogP contribution in [0.3, 0.4) is 0 Å². The predicted octanol–water partition coefficient (Wildman–Crippen LogP) is -5.04. The number of aliphatic hydroxyl groups excluding tert-OH is 3. The van der Waals surface area contributed by atoms with E-state index in [-0.39, 0.29) is 29.6 Å². The molecular formula is C6H7NaO6. The molecule has 0 aromatic rings. The van der Waals surface area contributed by atoms with E-state index in [0.29, 0.717) is 0 Å². The first-order chi connectivity index (χ1) is 5.57. The van der Waals surface area contributed by atoms with Crippen molar-refractivity contribution >= 4 is 5.97 Å². The Kier molecular flexibility index (Phi) is 4.72. The Hall–Kier alpha value is -0.270. The van der Waals surface area contributed by atoms with Gasteiger partial charge < -0.3 is 25.2 Å². The molecule has 7 heteroatoms. The molecule has 0 aliphatic carbocycles. The average molecular weight is 198 g/mol. The molecule has 1 heterocycles. The van der Waals surface area contributed by atoms with Crippen molar-refractivity contribution in [2.24, 2.45) is 0 Å². The molecule has 1 rings (SSSR count). The van der Waals surface area contributed by atoms with Crippen LogP contribution in [-0.2, 0) is 9.53 Å². The Morgan fingerprint density at radius 1 is 1.54 bits per heavy atom. The van der Waals surface area contributed by atoms with Crippen molar-refractivity contribution in [2.45, 2.75) is 12.2 Å². The van der Waals surface area contributed by atoms with Crippen LogP contribution in [0.5, 0.6) is 0 Å². The summed E-state index contributed by atoms with van der Waals surface area (Å²) in [6.45, 7) is -0.921. The molecule has 1 aliphatic rings. The predicted molar refractivity (Wildman–Crippen MR) is 33.0 cm³/mol. The SMILES string of the molecule is O=C1O[C@H]([C@@H](O)C[O-])C(O)=C1O.[Na+]. The largest absolute Gasteiger partial charge is 1.00 e. The number of hydrogen-bond acceptors (Lipinski definition) is 6. The van der Waals surface area contributed by atoms with E-state index in [2.05, 4.69) is 4.74 Å². The van der Waals surface area contributed by atoms with Gasteiger partial charge in [-0.05, 0) is 0 Å². The summed E-state index contributed by atoms with van der Waals surface area (Å²) in [5.74, 6) is -2.87. The second-order valence-electron chi connectivity index (χ2n) is 2.29. The topological polar surface area (TPSA) is 110 Å². The Labute approximate surface area is 95.7 Å². The van der Waals surface area contributed by atoms with Crippen LogP contribution < -0.4 is 34.7 Å². The summed E-state index contributed by atoms with van der Waals surface area (Å²) in [5, 5.41) is 36.6. The maximum atomic E-state index is 10.5. The minimum Gasteiger partial charge on any atom is -0.853 e. The molecule has 0 bridgehead atoms. The number of cyclic esters (lactones) is 1. The van der Waals surface area contributed by atoms with Gasteiger partial charge in [-0.2, -0.15) is 0 Å². The number of aliphatic hydroxyl groups is 3. The molecule has 0 amide bonds. The molecule has 0 fully saturated rings. The summed E-state index contributed by atoms with van der Waals surface area (Å²) in [7, 11) is 0. The van der Waals surface area contributed by atoms with E-state index in [0.717, 1.165) is 0 Å². The molecule has 0 unspecified atom stereocenters. The van der Waals surface area contributed by atoms with Crippen LogP contribution >= 0.6 is 0 Å². The van der Waals surface area contributed by atoms with Gasteiger partial charge in [-0.3, -0.25) is 0 Å². The fourth-order valence-electron chi connectivity index (χ4n) is 0.814. The third kappa shape index (κ3) is 2.35.